The number of piperidine rings is 1. The standard InChI is InChI=1S/C11H19NO/c1(2-11-5-8-13-9-11)10-3-6-12-7-4-10/h1-2,10-12H,3-9H2/b2-1+. The minimum Gasteiger partial charge on any atom is -0.381 e. The van der Waals surface area contributed by atoms with E-state index in [1.807, 2.05) is 0 Å². The Morgan fingerprint density at radius 2 is 1.77 bits per heavy atom. The molecular formula is C11H19NO. The van der Waals surface area contributed by atoms with Gasteiger partial charge in [-0.3, -0.25) is 0 Å². The Bertz CT molecular complexity index is 167. The van der Waals surface area contributed by atoms with Gasteiger partial charge in [0.15, 0.2) is 0 Å². The highest BCUT2D eigenvalue weighted by Gasteiger charge is 2.14. The molecule has 0 aromatic carbocycles. The van der Waals surface area contributed by atoms with E-state index in [1.165, 1.54) is 32.4 Å². The summed E-state index contributed by atoms with van der Waals surface area (Å²) in [5, 5.41) is 3.38. The molecule has 1 N–H and O–H groups in total. The molecule has 74 valence electrons. The van der Waals surface area contributed by atoms with Gasteiger partial charge in [0.25, 0.3) is 0 Å². The van der Waals surface area contributed by atoms with Crippen molar-refractivity contribution in [3.63, 3.8) is 0 Å². The van der Waals surface area contributed by atoms with Gasteiger partial charge < -0.3 is 10.1 Å². The molecule has 0 spiro atoms. The summed E-state index contributed by atoms with van der Waals surface area (Å²) in [6.07, 6.45) is 8.64. The van der Waals surface area contributed by atoms with E-state index in [9.17, 15) is 0 Å². The first-order valence-electron chi connectivity index (χ1n) is 5.42. The molecule has 0 bridgehead atoms. The average Bonchev–Trinajstić information content (AvgIpc) is 2.69. The summed E-state index contributed by atoms with van der Waals surface area (Å²) in [6, 6.07) is 0. The molecular weight excluding hydrogens is 162 g/mol. The largest absolute Gasteiger partial charge is 0.381 e. The lowest BCUT2D eigenvalue weighted by Crippen LogP contribution is -2.26. The number of hydrogen-bond acceptors (Lipinski definition) is 2. The fourth-order valence-corrected chi connectivity index (χ4v) is 2.06. The maximum absolute atomic E-state index is 5.33. The summed E-state index contributed by atoms with van der Waals surface area (Å²) in [5.41, 5.74) is 0. The minimum atomic E-state index is 0.704. The summed E-state index contributed by atoms with van der Waals surface area (Å²) in [4.78, 5) is 0. The van der Waals surface area contributed by atoms with Gasteiger partial charge in [0, 0.05) is 12.5 Å². The molecule has 13 heavy (non-hydrogen) atoms. The first-order valence-corrected chi connectivity index (χ1v) is 5.42. The van der Waals surface area contributed by atoms with E-state index in [0.717, 1.165) is 19.1 Å². The normalized spacial score (nSPS) is 31.5. The molecule has 0 aromatic heterocycles. The summed E-state index contributed by atoms with van der Waals surface area (Å²) >= 11 is 0. The van der Waals surface area contributed by atoms with Crippen LogP contribution in [0.1, 0.15) is 19.3 Å². The van der Waals surface area contributed by atoms with Crippen LogP contribution in [-0.4, -0.2) is 26.3 Å². The van der Waals surface area contributed by atoms with E-state index >= 15 is 0 Å². The first kappa shape index (κ1) is 9.22. The lowest BCUT2D eigenvalue weighted by Gasteiger charge is -2.19. The van der Waals surface area contributed by atoms with Gasteiger partial charge in [-0.25, -0.2) is 0 Å². The van der Waals surface area contributed by atoms with E-state index < -0.39 is 0 Å². The maximum Gasteiger partial charge on any atom is 0.0529 e. The van der Waals surface area contributed by atoms with Crippen molar-refractivity contribution in [1.82, 2.24) is 5.32 Å². The SMILES string of the molecule is C(=C\C1CCOC1)/C1CCNCC1. The van der Waals surface area contributed by atoms with E-state index in [1.54, 1.807) is 0 Å². The van der Waals surface area contributed by atoms with Gasteiger partial charge in [0.2, 0.25) is 0 Å². The van der Waals surface area contributed by atoms with Gasteiger partial charge in [-0.15, -0.1) is 0 Å². The monoisotopic (exact) mass is 181 g/mol. The van der Waals surface area contributed by atoms with Crippen LogP contribution in [0.25, 0.3) is 0 Å². The molecule has 0 saturated carbocycles. The topological polar surface area (TPSA) is 21.3 Å². The van der Waals surface area contributed by atoms with Crippen LogP contribution in [0.3, 0.4) is 0 Å². The lowest BCUT2D eigenvalue weighted by molar-refractivity contribution is 0.191. The third-order valence-electron chi connectivity index (χ3n) is 3.00. The molecule has 2 aliphatic rings. The molecule has 2 fully saturated rings. The molecule has 2 aliphatic heterocycles. The summed E-state index contributed by atoms with van der Waals surface area (Å²) < 4.78 is 5.33. The van der Waals surface area contributed by atoms with Crippen molar-refractivity contribution < 1.29 is 4.74 Å². The van der Waals surface area contributed by atoms with Crippen molar-refractivity contribution in [2.24, 2.45) is 11.8 Å². The predicted molar refractivity (Wildman–Crippen MR) is 53.7 cm³/mol. The smallest absolute Gasteiger partial charge is 0.0529 e. The molecule has 0 radical (unpaired) electrons. The average molecular weight is 181 g/mol. The molecule has 2 nitrogen and oxygen atoms in total. The van der Waals surface area contributed by atoms with E-state index in [-0.39, 0.29) is 0 Å². The van der Waals surface area contributed by atoms with Crippen LogP contribution in [0.4, 0.5) is 0 Å². The highest BCUT2D eigenvalue weighted by molar-refractivity contribution is 4.95. The minimum absolute atomic E-state index is 0.704. The predicted octanol–water partition coefficient (Wildman–Crippen LogP) is 1.58. The van der Waals surface area contributed by atoms with Crippen LogP contribution in [0.15, 0.2) is 12.2 Å². The van der Waals surface area contributed by atoms with Crippen molar-refractivity contribution in [3.05, 3.63) is 12.2 Å². The molecule has 1 unspecified atom stereocenters. The Labute approximate surface area is 80.4 Å². The summed E-state index contributed by atoms with van der Waals surface area (Å²) in [6.45, 7) is 4.29. The van der Waals surface area contributed by atoms with Crippen LogP contribution in [-0.2, 0) is 4.74 Å². The second-order valence-electron chi connectivity index (χ2n) is 4.10. The van der Waals surface area contributed by atoms with Gasteiger partial charge in [0.1, 0.15) is 0 Å². The number of nitrogens with one attached hydrogen (secondary N) is 1. The van der Waals surface area contributed by atoms with Crippen LogP contribution in [0.5, 0.6) is 0 Å². The second-order valence-corrected chi connectivity index (χ2v) is 4.10. The maximum atomic E-state index is 5.33. The first-order chi connectivity index (χ1) is 6.45. The van der Waals surface area contributed by atoms with Crippen LogP contribution in [0, 0.1) is 11.8 Å². The molecule has 2 saturated heterocycles. The Morgan fingerprint density at radius 3 is 2.46 bits per heavy atom. The van der Waals surface area contributed by atoms with Gasteiger partial charge in [-0.2, -0.15) is 0 Å². The number of allylic oxidation sites excluding steroid dienone is 1. The molecule has 0 aliphatic carbocycles. The summed E-state index contributed by atoms with van der Waals surface area (Å²) in [5.74, 6) is 1.52. The van der Waals surface area contributed by atoms with E-state index in [4.69, 9.17) is 4.74 Å². The quantitative estimate of drug-likeness (QED) is 0.653. The van der Waals surface area contributed by atoms with Gasteiger partial charge in [-0.05, 0) is 38.3 Å². The number of ether oxygens (including phenoxy) is 1. The van der Waals surface area contributed by atoms with Gasteiger partial charge in [0.05, 0.1) is 6.61 Å². The Morgan fingerprint density at radius 1 is 1.00 bits per heavy atom. The Balaban J connectivity index is 1.74. The van der Waals surface area contributed by atoms with E-state index in [2.05, 4.69) is 17.5 Å². The van der Waals surface area contributed by atoms with Crippen molar-refractivity contribution in [3.8, 4) is 0 Å². The highest BCUT2D eigenvalue weighted by atomic mass is 16.5. The second kappa shape index (κ2) is 4.77. The molecule has 2 heterocycles. The zero-order valence-corrected chi connectivity index (χ0v) is 8.17. The number of hydrogen-bond donors (Lipinski definition) is 1. The third kappa shape index (κ3) is 2.82. The van der Waals surface area contributed by atoms with Crippen molar-refractivity contribution in [2.45, 2.75) is 19.3 Å². The molecule has 0 amide bonds. The van der Waals surface area contributed by atoms with E-state index in [0.29, 0.717) is 5.92 Å². The van der Waals surface area contributed by atoms with Crippen molar-refractivity contribution >= 4 is 0 Å². The van der Waals surface area contributed by atoms with Crippen molar-refractivity contribution in [1.29, 1.82) is 0 Å². The van der Waals surface area contributed by atoms with Crippen molar-refractivity contribution in [2.75, 3.05) is 26.3 Å². The van der Waals surface area contributed by atoms with Gasteiger partial charge in [-0.1, -0.05) is 12.2 Å². The Hall–Kier alpha value is -0.340. The van der Waals surface area contributed by atoms with Crippen LogP contribution < -0.4 is 5.32 Å². The zero-order valence-electron chi connectivity index (χ0n) is 8.17. The fraction of sp³-hybridized carbons (Fsp3) is 0.818. The zero-order chi connectivity index (χ0) is 8.93. The molecule has 2 heteroatoms. The molecule has 2 rings (SSSR count). The molecule has 1 atom stereocenters. The Kier molecular flexibility index (Phi) is 3.39. The third-order valence-corrected chi connectivity index (χ3v) is 3.00. The molecule has 0 aromatic rings. The van der Waals surface area contributed by atoms with Gasteiger partial charge >= 0.3 is 0 Å². The summed E-state index contributed by atoms with van der Waals surface area (Å²) in [7, 11) is 0. The number of rotatable bonds is 2. The lowest BCUT2D eigenvalue weighted by atomic mass is 9.95. The van der Waals surface area contributed by atoms with Crippen LogP contribution >= 0.6 is 0 Å². The fourth-order valence-electron chi connectivity index (χ4n) is 2.06. The van der Waals surface area contributed by atoms with Crippen LogP contribution in [0.2, 0.25) is 0 Å². The highest BCUT2D eigenvalue weighted by Crippen LogP contribution is 2.18.